The van der Waals surface area contributed by atoms with Gasteiger partial charge < -0.3 is 0 Å². The number of carbonyl (C=O) groups excluding carboxylic acids is 1. The first-order valence-electron chi connectivity index (χ1n) is 7.29. The molecule has 0 amide bonds. The van der Waals surface area contributed by atoms with Gasteiger partial charge in [-0.1, -0.05) is 19.3 Å². The lowest BCUT2D eigenvalue weighted by molar-refractivity contribution is 0.0986. The van der Waals surface area contributed by atoms with E-state index in [1.165, 1.54) is 32.1 Å². The Morgan fingerprint density at radius 1 is 1.20 bits per heavy atom. The molecule has 20 heavy (non-hydrogen) atoms. The van der Waals surface area contributed by atoms with E-state index in [0.717, 1.165) is 5.69 Å². The van der Waals surface area contributed by atoms with Crippen molar-refractivity contribution in [1.82, 2.24) is 19.6 Å². The number of rotatable bonds is 4. The van der Waals surface area contributed by atoms with Crippen molar-refractivity contribution in [2.75, 3.05) is 0 Å². The van der Waals surface area contributed by atoms with Crippen molar-refractivity contribution in [3.63, 3.8) is 0 Å². The first kappa shape index (κ1) is 13.1. The summed E-state index contributed by atoms with van der Waals surface area (Å²) in [5, 5.41) is 8.70. The van der Waals surface area contributed by atoms with Gasteiger partial charge in [0.1, 0.15) is 5.69 Å². The molecular weight excluding hydrogens is 252 g/mol. The minimum atomic E-state index is 0.0273. The van der Waals surface area contributed by atoms with Crippen LogP contribution in [0.2, 0.25) is 0 Å². The van der Waals surface area contributed by atoms with Gasteiger partial charge in [0.15, 0.2) is 5.78 Å². The summed E-state index contributed by atoms with van der Waals surface area (Å²) in [7, 11) is 1.81. The van der Waals surface area contributed by atoms with Gasteiger partial charge in [-0.25, -0.2) is 0 Å². The molecule has 106 valence electrons. The average Bonchev–Trinajstić information content (AvgIpc) is 3.09. The normalized spacial score (nSPS) is 16.4. The van der Waals surface area contributed by atoms with Crippen molar-refractivity contribution in [3.05, 3.63) is 35.9 Å². The van der Waals surface area contributed by atoms with Crippen molar-refractivity contribution in [1.29, 1.82) is 0 Å². The molecule has 0 saturated heterocycles. The Hall–Kier alpha value is -1.91. The molecule has 1 fully saturated rings. The van der Waals surface area contributed by atoms with E-state index < -0.39 is 0 Å². The van der Waals surface area contributed by atoms with Gasteiger partial charge in [-0.2, -0.15) is 10.2 Å². The molecule has 5 nitrogen and oxygen atoms in total. The first-order chi connectivity index (χ1) is 9.72. The van der Waals surface area contributed by atoms with Crippen LogP contribution in [0, 0.1) is 0 Å². The Morgan fingerprint density at radius 2 is 2.00 bits per heavy atom. The number of Topliss-reactive ketones (excluding diaryl/α,β-unsaturated/α-hetero) is 1. The van der Waals surface area contributed by atoms with Crippen LogP contribution in [-0.2, 0) is 13.5 Å². The van der Waals surface area contributed by atoms with E-state index in [1.54, 1.807) is 16.9 Å². The fraction of sp³-hybridized carbons (Fsp3) is 0.533. The van der Waals surface area contributed by atoms with Gasteiger partial charge in [-0.3, -0.25) is 14.2 Å². The fourth-order valence-corrected chi connectivity index (χ4v) is 2.84. The second-order valence-electron chi connectivity index (χ2n) is 5.55. The lowest BCUT2D eigenvalue weighted by atomic mass is 9.96. The molecule has 1 aliphatic rings. The molecule has 0 unspecified atom stereocenters. The molecule has 2 aromatic rings. The highest BCUT2D eigenvalue weighted by Gasteiger charge is 2.17. The van der Waals surface area contributed by atoms with Crippen LogP contribution in [0.25, 0.3) is 0 Å². The number of nitrogens with zero attached hydrogens (tertiary/aromatic N) is 4. The van der Waals surface area contributed by atoms with E-state index in [9.17, 15) is 4.79 Å². The van der Waals surface area contributed by atoms with Gasteiger partial charge >= 0.3 is 0 Å². The first-order valence-corrected chi connectivity index (χ1v) is 7.29. The predicted octanol–water partition coefficient (Wildman–Crippen LogP) is 2.55. The summed E-state index contributed by atoms with van der Waals surface area (Å²) < 4.78 is 3.69. The molecule has 0 spiro atoms. The van der Waals surface area contributed by atoms with Crippen LogP contribution in [0.5, 0.6) is 0 Å². The van der Waals surface area contributed by atoms with Gasteiger partial charge in [-0.15, -0.1) is 0 Å². The molecule has 0 atom stereocenters. The molecule has 0 radical (unpaired) electrons. The van der Waals surface area contributed by atoms with Crippen LogP contribution in [0.1, 0.15) is 54.3 Å². The minimum Gasteiger partial charge on any atom is -0.292 e. The van der Waals surface area contributed by atoms with Crippen molar-refractivity contribution < 1.29 is 4.79 Å². The van der Waals surface area contributed by atoms with E-state index in [4.69, 9.17) is 0 Å². The lowest BCUT2D eigenvalue weighted by Crippen LogP contribution is -2.14. The maximum absolute atomic E-state index is 12.1. The van der Waals surface area contributed by atoms with Crippen LogP contribution in [-0.4, -0.2) is 25.3 Å². The molecular formula is C15H20N4O. The Labute approximate surface area is 118 Å². The van der Waals surface area contributed by atoms with E-state index in [0.29, 0.717) is 18.2 Å². The number of ketones is 1. The Morgan fingerprint density at radius 3 is 2.70 bits per heavy atom. The van der Waals surface area contributed by atoms with Crippen molar-refractivity contribution in [2.45, 2.75) is 44.6 Å². The van der Waals surface area contributed by atoms with Crippen LogP contribution >= 0.6 is 0 Å². The molecule has 1 saturated carbocycles. The van der Waals surface area contributed by atoms with Crippen LogP contribution in [0.4, 0.5) is 0 Å². The SMILES string of the molecule is Cn1ccc(C(=O)Cc2ccn(C3CCCCC3)n2)n1. The summed E-state index contributed by atoms with van der Waals surface area (Å²) in [6.07, 6.45) is 10.4. The third-order valence-electron chi connectivity index (χ3n) is 3.95. The number of aromatic nitrogens is 4. The summed E-state index contributed by atoms with van der Waals surface area (Å²) in [5.74, 6) is 0.0273. The number of carbonyl (C=O) groups is 1. The Bertz CT molecular complexity index is 593. The van der Waals surface area contributed by atoms with E-state index in [2.05, 4.69) is 10.2 Å². The molecule has 1 aliphatic carbocycles. The third-order valence-corrected chi connectivity index (χ3v) is 3.95. The Kier molecular flexibility index (Phi) is 3.67. The highest BCUT2D eigenvalue weighted by molar-refractivity contribution is 5.95. The molecule has 0 aliphatic heterocycles. The molecule has 0 N–H and O–H groups in total. The summed E-state index contributed by atoms with van der Waals surface area (Å²) in [6.45, 7) is 0. The Balaban J connectivity index is 1.66. The fourth-order valence-electron chi connectivity index (χ4n) is 2.84. The third kappa shape index (κ3) is 2.81. The second kappa shape index (κ2) is 5.61. The smallest absolute Gasteiger partial charge is 0.189 e. The van der Waals surface area contributed by atoms with Gasteiger partial charge in [-0.05, 0) is 25.0 Å². The molecule has 2 heterocycles. The monoisotopic (exact) mass is 272 g/mol. The second-order valence-corrected chi connectivity index (χ2v) is 5.55. The minimum absolute atomic E-state index is 0.0273. The molecule has 0 bridgehead atoms. The highest BCUT2D eigenvalue weighted by Crippen LogP contribution is 2.27. The topological polar surface area (TPSA) is 52.7 Å². The highest BCUT2D eigenvalue weighted by atomic mass is 16.1. The molecule has 5 heteroatoms. The van der Waals surface area contributed by atoms with E-state index in [-0.39, 0.29) is 5.78 Å². The number of hydrogen-bond acceptors (Lipinski definition) is 3. The summed E-state index contributed by atoms with van der Waals surface area (Å²) >= 11 is 0. The zero-order chi connectivity index (χ0) is 13.9. The van der Waals surface area contributed by atoms with Gasteiger partial charge in [0.25, 0.3) is 0 Å². The molecule has 3 rings (SSSR count). The zero-order valence-corrected chi connectivity index (χ0v) is 11.8. The predicted molar refractivity (Wildman–Crippen MR) is 75.6 cm³/mol. The summed E-state index contributed by atoms with van der Waals surface area (Å²) in [5.41, 5.74) is 1.35. The zero-order valence-electron chi connectivity index (χ0n) is 11.8. The van der Waals surface area contributed by atoms with Gasteiger partial charge in [0.2, 0.25) is 0 Å². The van der Waals surface area contributed by atoms with Crippen LogP contribution < -0.4 is 0 Å². The summed E-state index contributed by atoms with van der Waals surface area (Å²) in [6, 6.07) is 4.22. The quantitative estimate of drug-likeness (QED) is 0.804. The standard InChI is InChI=1S/C15H20N4O/c1-18-9-8-14(17-18)15(20)11-12-7-10-19(16-12)13-5-3-2-4-6-13/h7-10,13H,2-6,11H2,1H3. The largest absolute Gasteiger partial charge is 0.292 e. The molecule has 2 aromatic heterocycles. The maximum Gasteiger partial charge on any atom is 0.189 e. The van der Waals surface area contributed by atoms with Gasteiger partial charge in [0.05, 0.1) is 18.2 Å². The van der Waals surface area contributed by atoms with Crippen molar-refractivity contribution in [2.24, 2.45) is 7.05 Å². The average molecular weight is 272 g/mol. The van der Waals surface area contributed by atoms with Crippen LogP contribution in [0.3, 0.4) is 0 Å². The van der Waals surface area contributed by atoms with E-state index in [1.807, 2.05) is 24.0 Å². The molecule has 0 aromatic carbocycles. The van der Waals surface area contributed by atoms with Crippen molar-refractivity contribution in [3.8, 4) is 0 Å². The van der Waals surface area contributed by atoms with Crippen molar-refractivity contribution >= 4 is 5.78 Å². The van der Waals surface area contributed by atoms with Crippen LogP contribution in [0.15, 0.2) is 24.5 Å². The maximum atomic E-state index is 12.1. The lowest BCUT2D eigenvalue weighted by Gasteiger charge is -2.21. The van der Waals surface area contributed by atoms with E-state index >= 15 is 0 Å². The van der Waals surface area contributed by atoms with Gasteiger partial charge in [0, 0.05) is 19.4 Å². The number of hydrogen-bond donors (Lipinski definition) is 0. The summed E-state index contributed by atoms with van der Waals surface area (Å²) in [4.78, 5) is 12.1. The number of aryl methyl sites for hydroxylation is 1.